The number of fused-ring (bicyclic) bond motifs is 1. The van der Waals surface area contributed by atoms with Crippen LogP contribution in [0, 0.1) is 0 Å². The Kier molecular flexibility index (Phi) is 6.96. The largest absolute Gasteiger partial charge is 0.462 e. The van der Waals surface area contributed by atoms with Gasteiger partial charge in [-0.15, -0.1) is 0 Å². The minimum Gasteiger partial charge on any atom is -0.462 e. The Balaban J connectivity index is 1.72. The monoisotopic (exact) mass is 405 g/mol. The SMILES string of the molecule is CCOC(=O)c1ccc2c(c1)nc(S[C@@H](C)C(=O)NC[C@H]1CCCO1)n2CC. The normalized spacial score (nSPS) is 17.6. The van der Waals surface area contributed by atoms with Gasteiger partial charge in [0, 0.05) is 19.7 Å². The molecule has 7 nitrogen and oxygen atoms in total. The molecule has 1 fully saturated rings. The predicted molar refractivity (Wildman–Crippen MR) is 109 cm³/mol. The molecule has 0 radical (unpaired) electrons. The zero-order valence-electron chi connectivity index (χ0n) is 16.6. The van der Waals surface area contributed by atoms with Crippen molar-refractivity contribution in [1.82, 2.24) is 14.9 Å². The number of nitrogens with zero attached hydrogens (tertiary/aromatic N) is 2. The van der Waals surface area contributed by atoms with Crippen LogP contribution in [0.3, 0.4) is 0 Å². The summed E-state index contributed by atoms with van der Waals surface area (Å²) in [6.45, 7) is 8.07. The number of imidazole rings is 1. The summed E-state index contributed by atoms with van der Waals surface area (Å²) in [6, 6.07) is 5.37. The van der Waals surface area contributed by atoms with Gasteiger partial charge >= 0.3 is 5.97 Å². The molecule has 1 saturated heterocycles. The lowest BCUT2D eigenvalue weighted by molar-refractivity contribution is -0.120. The number of aromatic nitrogens is 2. The summed E-state index contributed by atoms with van der Waals surface area (Å²) in [5.41, 5.74) is 2.14. The fraction of sp³-hybridized carbons (Fsp3) is 0.550. The molecule has 0 saturated carbocycles. The van der Waals surface area contributed by atoms with Gasteiger partial charge in [0.1, 0.15) is 0 Å². The maximum Gasteiger partial charge on any atom is 0.338 e. The standard InChI is InChI=1S/C20H27N3O4S/c1-4-23-17-9-8-14(19(25)26-5-2)11-16(17)22-20(23)28-13(3)18(24)21-12-15-7-6-10-27-15/h8-9,11,13,15H,4-7,10,12H2,1-3H3,(H,21,24)/t13-,15+/m0/s1. The highest BCUT2D eigenvalue weighted by Crippen LogP contribution is 2.28. The highest BCUT2D eigenvalue weighted by molar-refractivity contribution is 8.00. The second-order valence-electron chi connectivity index (χ2n) is 6.70. The second kappa shape index (κ2) is 9.43. The van der Waals surface area contributed by atoms with E-state index in [2.05, 4.69) is 14.9 Å². The van der Waals surface area contributed by atoms with E-state index in [1.807, 2.05) is 19.9 Å². The van der Waals surface area contributed by atoms with Crippen LogP contribution in [0.2, 0.25) is 0 Å². The summed E-state index contributed by atoms with van der Waals surface area (Å²) < 4.78 is 12.7. The van der Waals surface area contributed by atoms with E-state index in [4.69, 9.17) is 9.47 Å². The smallest absolute Gasteiger partial charge is 0.338 e. The third kappa shape index (κ3) is 4.67. The van der Waals surface area contributed by atoms with Gasteiger partial charge in [-0.05, 0) is 51.8 Å². The van der Waals surface area contributed by atoms with E-state index in [1.54, 1.807) is 19.1 Å². The summed E-state index contributed by atoms with van der Waals surface area (Å²) in [7, 11) is 0. The maximum atomic E-state index is 12.4. The van der Waals surface area contributed by atoms with Crippen molar-refractivity contribution < 1.29 is 19.1 Å². The van der Waals surface area contributed by atoms with Gasteiger partial charge in [-0.2, -0.15) is 0 Å². The molecule has 0 aliphatic carbocycles. The maximum absolute atomic E-state index is 12.4. The number of hydrogen-bond donors (Lipinski definition) is 1. The van der Waals surface area contributed by atoms with Crippen LogP contribution in [0.25, 0.3) is 11.0 Å². The van der Waals surface area contributed by atoms with Crippen molar-refractivity contribution >= 4 is 34.7 Å². The predicted octanol–water partition coefficient (Wildman–Crippen LogP) is 3.01. The number of nitrogens with one attached hydrogen (secondary N) is 1. The molecule has 3 rings (SSSR count). The number of ether oxygens (including phenoxy) is 2. The Hall–Kier alpha value is -2.06. The number of amides is 1. The van der Waals surface area contributed by atoms with Crippen LogP contribution < -0.4 is 5.32 Å². The molecule has 1 aromatic heterocycles. The Bertz CT molecular complexity index is 845. The summed E-state index contributed by atoms with van der Waals surface area (Å²) in [6.07, 6.45) is 2.18. The first-order valence-electron chi connectivity index (χ1n) is 9.76. The molecule has 152 valence electrons. The molecule has 1 amide bonds. The van der Waals surface area contributed by atoms with E-state index in [9.17, 15) is 9.59 Å². The summed E-state index contributed by atoms with van der Waals surface area (Å²) >= 11 is 1.42. The lowest BCUT2D eigenvalue weighted by atomic mass is 10.2. The average Bonchev–Trinajstić information content (AvgIpc) is 3.32. The molecule has 1 N–H and O–H groups in total. The van der Waals surface area contributed by atoms with Gasteiger partial charge in [-0.1, -0.05) is 11.8 Å². The van der Waals surface area contributed by atoms with Gasteiger partial charge in [-0.3, -0.25) is 4.79 Å². The van der Waals surface area contributed by atoms with E-state index in [-0.39, 0.29) is 23.2 Å². The van der Waals surface area contributed by atoms with Gasteiger partial charge in [0.2, 0.25) is 5.91 Å². The summed E-state index contributed by atoms with van der Waals surface area (Å²) in [5.74, 6) is -0.381. The van der Waals surface area contributed by atoms with Gasteiger partial charge in [0.05, 0.1) is 34.6 Å². The van der Waals surface area contributed by atoms with E-state index in [1.165, 1.54) is 11.8 Å². The lowest BCUT2D eigenvalue weighted by Crippen LogP contribution is -2.36. The molecule has 0 bridgehead atoms. The second-order valence-corrected chi connectivity index (χ2v) is 8.01. The van der Waals surface area contributed by atoms with Crippen molar-refractivity contribution in [3.8, 4) is 0 Å². The van der Waals surface area contributed by atoms with Gasteiger partial charge < -0.3 is 19.4 Å². The number of rotatable bonds is 8. The fourth-order valence-corrected chi connectivity index (χ4v) is 4.23. The Morgan fingerprint density at radius 3 is 2.93 bits per heavy atom. The van der Waals surface area contributed by atoms with E-state index in [0.29, 0.717) is 18.7 Å². The molecular formula is C20H27N3O4S. The molecule has 1 aliphatic heterocycles. The molecular weight excluding hydrogens is 378 g/mol. The highest BCUT2D eigenvalue weighted by Gasteiger charge is 2.22. The average molecular weight is 406 g/mol. The molecule has 2 atom stereocenters. The van der Waals surface area contributed by atoms with Crippen LogP contribution in [0.5, 0.6) is 0 Å². The fourth-order valence-electron chi connectivity index (χ4n) is 3.22. The first kappa shape index (κ1) is 20.7. The minimum atomic E-state index is -0.355. The van der Waals surface area contributed by atoms with Gasteiger partial charge in [0.25, 0.3) is 0 Å². The van der Waals surface area contributed by atoms with Crippen molar-refractivity contribution in [3.63, 3.8) is 0 Å². The quantitative estimate of drug-likeness (QED) is 0.537. The van der Waals surface area contributed by atoms with Crippen molar-refractivity contribution in [1.29, 1.82) is 0 Å². The van der Waals surface area contributed by atoms with Gasteiger partial charge in [0.15, 0.2) is 5.16 Å². The molecule has 8 heteroatoms. The number of benzene rings is 1. The Morgan fingerprint density at radius 1 is 1.43 bits per heavy atom. The van der Waals surface area contributed by atoms with Crippen molar-refractivity contribution in [2.45, 2.75) is 56.7 Å². The van der Waals surface area contributed by atoms with E-state index >= 15 is 0 Å². The third-order valence-electron chi connectivity index (χ3n) is 4.72. The molecule has 1 aliphatic rings. The van der Waals surface area contributed by atoms with Crippen LogP contribution >= 0.6 is 11.8 Å². The first-order chi connectivity index (χ1) is 13.5. The molecule has 0 spiro atoms. The molecule has 2 aromatic rings. The summed E-state index contributed by atoms with van der Waals surface area (Å²) in [5, 5.41) is 3.45. The molecule has 2 heterocycles. The van der Waals surface area contributed by atoms with Crippen molar-refractivity contribution in [2.75, 3.05) is 19.8 Å². The molecule has 28 heavy (non-hydrogen) atoms. The van der Waals surface area contributed by atoms with Crippen molar-refractivity contribution in [2.24, 2.45) is 0 Å². The van der Waals surface area contributed by atoms with Crippen molar-refractivity contribution in [3.05, 3.63) is 23.8 Å². The zero-order chi connectivity index (χ0) is 20.1. The molecule has 1 aromatic carbocycles. The topological polar surface area (TPSA) is 82.4 Å². The van der Waals surface area contributed by atoms with Crippen LogP contribution in [0.1, 0.15) is 44.0 Å². The van der Waals surface area contributed by atoms with Crippen LogP contribution in [-0.4, -0.2) is 52.5 Å². The van der Waals surface area contributed by atoms with Crippen LogP contribution in [0.4, 0.5) is 0 Å². The Morgan fingerprint density at radius 2 is 2.25 bits per heavy atom. The number of hydrogen-bond acceptors (Lipinski definition) is 6. The van der Waals surface area contributed by atoms with Crippen LogP contribution in [-0.2, 0) is 20.8 Å². The lowest BCUT2D eigenvalue weighted by Gasteiger charge is -2.15. The minimum absolute atomic E-state index is 0.0255. The van der Waals surface area contributed by atoms with Crippen LogP contribution in [0.15, 0.2) is 23.4 Å². The highest BCUT2D eigenvalue weighted by atomic mass is 32.2. The number of aryl methyl sites for hydroxylation is 1. The van der Waals surface area contributed by atoms with E-state index in [0.717, 1.165) is 42.2 Å². The molecule has 0 unspecified atom stereocenters. The zero-order valence-corrected chi connectivity index (χ0v) is 17.4. The number of carbonyl (C=O) groups excluding carboxylic acids is 2. The first-order valence-corrected chi connectivity index (χ1v) is 10.6. The number of esters is 1. The number of carbonyl (C=O) groups is 2. The van der Waals surface area contributed by atoms with Gasteiger partial charge in [-0.25, -0.2) is 9.78 Å². The summed E-state index contributed by atoms with van der Waals surface area (Å²) in [4.78, 5) is 29.1. The van der Waals surface area contributed by atoms with E-state index < -0.39 is 0 Å². The Labute approximate surface area is 169 Å². The number of thioether (sulfide) groups is 1. The third-order valence-corrected chi connectivity index (χ3v) is 5.81.